The van der Waals surface area contributed by atoms with E-state index >= 15 is 0 Å². The monoisotopic (exact) mass is 252 g/mol. The second-order valence-electron chi connectivity index (χ2n) is 5.03. The molecule has 0 aliphatic carbocycles. The minimum Gasteiger partial charge on any atom is -0.370 e. The number of piperidine rings is 1. The molecule has 1 heterocycles. The molecule has 2 N–H and O–H groups in total. The molecule has 1 aliphatic heterocycles. The largest absolute Gasteiger partial charge is 0.370 e. The number of hydrogen-bond donors (Lipinski definition) is 1. The van der Waals surface area contributed by atoms with Crippen molar-refractivity contribution in [2.24, 2.45) is 11.7 Å². The van der Waals surface area contributed by atoms with Crippen molar-refractivity contribution >= 4 is 17.3 Å². The van der Waals surface area contributed by atoms with Gasteiger partial charge in [0.2, 0.25) is 0 Å². The number of rotatable bonds is 3. The Morgan fingerprint density at radius 1 is 1.29 bits per heavy atom. The summed E-state index contributed by atoms with van der Waals surface area (Å²) in [6, 6.07) is 8.38. The van der Waals surface area contributed by atoms with Crippen molar-refractivity contribution in [2.75, 3.05) is 18.0 Å². The van der Waals surface area contributed by atoms with Crippen LogP contribution in [-0.2, 0) is 0 Å². The molecule has 0 bridgehead atoms. The molecule has 1 aliphatic rings. The third-order valence-corrected chi connectivity index (χ3v) is 3.71. The summed E-state index contributed by atoms with van der Waals surface area (Å²) >= 11 is 5.91. The van der Waals surface area contributed by atoms with Crippen LogP contribution in [0.5, 0.6) is 0 Å². The fraction of sp³-hybridized carbons (Fsp3) is 0.571. The van der Waals surface area contributed by atoms with Gasteiger partial charge in [-0.15, -0.1) is 0 Å². The van der Waals surface area contributed by atoms with Gasteiger partial charge in [-0.3, -0.25) is 0 Å². The van der Waals surface area contributed by atoms with Gasteiger partial charge in [-0.1, -0.05) is 24.9 Å². The summed E-state index contributed by atoms with van der Waals surface area (Å²) in [6.07, 6.45) is 3.68. The summed E-state index contributed by atoms with van der Waals surface area (Å²) in [5.74, 6) is 0.736. The molecule has 2 rings (SSSR count). The molecule has 1 aromatic rings. The average Bonchev–Trinajstić information content (AvgIpc) is 2.29. The van der Waals surface area contributed by atoms with E-state index in [-0.39, 0.29) is 0 Å². The fourth-order valence-electron chi connectivity index (χ4n) is 2.73. The van der Waals surface area contributed by atoms with Crippen molar-refractivity contribution in [3.63, 3.8) is 0 Å². The first-order valence-electron chi connectivity index (χ1n) is 6.45. The molecule has 1 fully saturated rings. The Labute approximate surface area is 109 Å². The summed E-state index contributed by atoms with van der Waals surface area (Å²) < 4.78 is 0. The van der Waals surface area contributed by atoms with Crippen LogP contribution in [0.4, 0.5) is 5.69 Å². The van der Waals surface area contributed by atoms with E-state index < -0.39 is 0 Å². The molecule has 2 atom stereocenters. The molecule has 94 valence electrons. The van der Waals surface area contributed by atoms with Gasteiger partial charge in [-0.05, 0) is 43.0 Å². The maximum Gasteiger partial charge on any atom is 0.0407 e. The van der Waals surface area contributed by atoms with Crippen molar-refractivity contribution in [1.29, 1.82) is 0 Å². The molecular weight excluding hydrogens is 232 g/mol. The third kappa shape index (κ3) is 3.36. The first kappa shape index (κ1) is 12.7. The second kappa shape index (κ2) is 5.74. The van der Waals surface area contributed by atoms with E-state index in [4.69, 9.17) is 17.3 Å². The zero-order chi connectivity index (χ0) is 12.3. The smallest absolute Gasteiger partial charge is 0.0407 e. The van der Waals surface area contributed by atoms with Gasteiger partial charge in [-0.25, -0.2) is 0 Å². The molecule has 17 heavy (non-hydrogen) atoms. The van der Waals surface area contributed by atoms with E-state index in [0.29, 0.717) is 6.04 Å². The topological polar surface area (TPSA) is 29.3 Å². The fourth-order valence-corrected chi connectivity index (χ4v) is 2.85. The maximum absolute atomic E-state index is 6.15. The normalized spacial score (nSPS) is 25.0. The van der Waals surface area contributed by atoms with E-state index in [1.165, 1.54) is 18.5 Å². The van der Waals surface area contributed by atoms with Gasteiger partial charge in [0.05, 0.1) is 0 Å². The number of nitrogens with zero attached hydrogens (tertiary/aromatic N) is 1. The van der Waals surface area contributed by atoms with Gasteiger partial charge in [0.15, 0.2) is 0 Å². The van der Waals surface area contributed by atoms with E-state index in [0.717, 1.165) is 30.5 Å². The number of anilines is 1. The molecular formula is C14H21ClN2. The molecule has 2 nitrogen and oxygen atoms in total. The Morgan fingerprint density at radius 3 is 2.65 bits per heavy atom. The van der Waals surface area contributed by atoms with Crippen LogP contribution in [0, 0.1) is 5.92 Å². The molecule has 1 aromatic carbocycles. The lowest BCUT2D eigenvalue weighted by Crippen LogP contribution is -2.47. The van der Waals surface area contributed by atoms with Crippen molar-refractivity contribution in [2.45, 2.75) is 32.2 Å². The standard InChI is InChI=1S/C14H21ClN2/c1-2-3-11-8-13(16)10-17(9-11)14-6-4-12(15)5-7-14/h4-7,11,13H,2-3,8-10,16H2,1H3. The lowest BCUT2D eigenvalue weighted by molar-refractivity contribution is 0.355. The first-order chi connectivity index (χ1) is 8.19. The molecule has 3 heteroatoms. The Hall–Kier alpha value is -0.730. The second-order valence-corrected chi connectivity index (χ2v) is 5.47. The SMILES string of the molecule is CCCC1CC(N)CN(c2ccc(Cl)cc2)C1. The van der Waals surface area contributed by atoms with Gasteiger partial charge in [0, 0.05) is 29.8 Å². The average molecular weight is 253 g/mol. The zero-order valence-electron chi connectivity index (χ0n) is 10.4. The summed E-state index contributed by atoms with van der Waals surface area (Å²) in [6.45, 7) is 4.33. The van der Waals surface area contributed by atoms with Gasteiger partial charge in [0.1, 0.15) is 0 Å². The van der Waals surface area contributed by atoms with Gasteiger partial charge < -0.3 is 10.6 Å². The minimum atomic E-state index is 0.302. The van der Waals surface area contributed by atoms with Crippen molar-refractivity contribution in [3.05, 3.63) is 29.3 Å². The van der Waals surface area contributed by atoms with E-state index in [9.17, 15) is 0 Å². The van der Waals surface area contributed by atoms with Crippen molar-refractivity contribution < 1.29 is 0 Å². The van der Waals surface area contributed by atoms with Gasteiger partial charge >= 0.3 is 0 Å². The Bertz CT molecular complexity index is 350. The van der Waals surface area contributed by atoms with Gasteiger partial charge in [0.25, 0.3) is 0 Å². The molecule has 0 aromatic heterocycles. The molecule has 0 radical (unpaired) electrons. The highest BCUT2D eigenvalue weighted by Crippen LogP contribution is 2.26. The summed E-state index contributed by atoms with van der Waals surface area (Å²) in [5, 5.41) is 0.792. The van der Waals surface area contributed by atoms with E-state index in [1.54, 1.807) is 0 Å². The molecule has 1 saturated heterocycles. The van der Waals surface area contributed by atoms with E-state index in [1.807, 2.05) is 12.1 Å². The number of hydrogen-bond acceptors (Lipinski definition) is 2. The highest BCUT2D eigenvalue weighted by molar-refractivity contribution is 6.30. The van der Waals surface area contributed by atoms with Crippen LogP contribution in [0.25, 0.3) is 0 Å². The predicted molar refractivity (Wildman–Crippen MR) is 74.7 cm³/mol. The predicted octanol–water partition coefficient (Wildman–Crippen LogP) is 3.29. The van der Waals surface area contributed by atoms with Crippen LogP contribution in [0.1, 0.15) is 26.2 Å². The minimum absolute atomic E-state index is 0.302. The van der Waals surface area contributed by atoms with Crippen LogP contribution in [-0.4, -0.2) is 19.1 Å². The molecule has 0 spiro atoms. The zero-order valence-corrected chi connectivity index (χ0v) is 11.2. The number of halogens is 1. The Balaban J connectivity index is 2.06. The Morgan fingerprint density at radius 2 is 2.00 bits per heavy atom. The maximum atomic E-state index is 6.15. The van der Waals surface area contributed by atoms with Crippen molar-refractivity contribution in [3.8, 4) is 0 Å². The quantitative estimate of drug-likeness (QED) is 0.895. The highest BCUT2D eigenvalue weighted by Gasteiger charge is 2.24. The first-order valence-corrected chi connectivity index (χ1v) is 6.83. The van der Waals surface area contributed by atoms with Crippen LogP contribution in [0.3, 0.4) is 0 Å². The number of benzene rings is 1. The lowest BCUT2D eigenvalue weighted by Gasteiger charge is -2.37. The molecule has 0 amide bonds. The summed E-state index contributed by atoms with van der Waals surface area (Å²) in [7, 11) is 0. The van der Waals surface area contributed by atoms with Gasteiger partial charge in [-0.2, -0.15) is 0 Å². The third-order valence-electron chi connectivity index (χ3n) is 3.46. The Kier molecular flexibility index (Phi) is 4.30. The summed E-state index contributed by atoms with van der Waals surface area (Å²) in [4.78, 5) is 2.39. The number of nitrogens with two attached hydrogens (primary N) is 1. The van der Waals surface area contributed by atoms with Crippen LogP contribution >= 0.6 is 11.6 Å². The highest BCUT2D eigenvalue weighted by atomic mass is 35.5. The lowest BCUT2D eigenvalue weighted by atomic mass is 9.91. The van der Waals surface area contributed by atoms with Crippen LogP contribution < -0.4 is 10.6 Å². The summed E-state index contributed by atoms with van der Waals surface area (Å²) in [5.41, 5.74) is 7.39. The van der Waals surface area contributed by atoms with Crippen LogP contribution in [0.15, 0.2) is 24.3 Å². The van der Waals surface area contributed by atoms with Crippen molar-refractivity contribution in [1.82, 2.24) is 0 Å². The molecule has 2 unspecified atom stereocenters. The van der Waals surface area contributed by atoms with Crippen LogP contribution in [0.2, 0.25) is 5.02 Å². The molecule has 0 saturated carbocycles. The van der Waals surface area contributed by atoms with E-state index in [2.05, 4.69) is 24.0 Å².